The van der Waals surface area contributed by atoms with Gasteiger partial charge in [0.15, 0.2) is 5.82 Å². The Morgan fingerprint density at radius 3 is 2.83 bits per heavy atom. The van der Waals surface area contributed by atoms with E-state index in [2.05, 4.69) is 14.9 Å². The molecule has 1 atom stereocenters. The molecule has 0 bridgehead atoms. The number of hydrogen-bond acceptors (Lipinski definition) is 8. The molecule has 2 aliphatic rings. The number of rotatable bonds is 4. The Bertz CT molecular complexity index is 1160. The number of aryl methyl sites for hydroxylation is 2. The van der Waals surface area contributed by atoms with Crippen LogP contribution in [0, 0.1) is 0 Å². The highest BCUT2D eigenvalue weighted by molar-refractivity contribution is 7.89. The van der Waals surface area contributed by atoms with E-state index in [0.717, 1.165) is 54.7 Å². The van der Waals surface area contributed by atoms with Crippen LogP contribution < -0.4 is 10.0 Å². The molecule has 1 saturated heterocycles. The monoisotopic (exact) mass is 430 g/mol. The summed E-state index contributed by atoms with van der Waals surface area (Å²) in [5.74, 6) is 1.28. The molecular formula is C19H22N6O2S2. The number of aromatic nitrogens is 4. The number of nitrogens with zero attached hydrogens (tertiary/aromatic N) is 5. The Kier molecular flexibility index (Phi) is 4.72. The number of primary sulfonamides is 1. The van der Waals surface area contributed by atoms with Gasteiger partial charge in [0.05, 0.1) is 17.3 Å². The predicted octanol–water partition coefficient (Wildman–Crippen LogP) is 2.28. The normalized spacial score (nSPS) is 19.6. The SMILES string of the molecule is NS(=O)(=O)C[C@H]1CCCN1c1nc(-c2cnccn2)nc2sc3c(c12)CCCC3. The minimum atomic E-state index is -3.57. The van der Waals surface area contributed by atoms with E-state index in [1.54, 1.807) is 29.9 Å². The Morgan fingerprint density at radius 2 is 2.03 bits per heavy atom. The zero-order chi connectivity index (χ0) is 20.0. The molecule has 1 aliphatic heterocycles. The van der Waals surface area contributed by atoms with Crippen LogP contribution in [0.5, 0.6) is 0 Å². The minimum Gasteiger partial charge on any atom is -0.352 e. The molecule has 0 spiro atoms. The molecule has 10 heteroatoms. The quantitative estimate of drug-likeness (QED) is 0.675. The van der Waals surface area contributed by atoms with E-state index >= 15 is 0 Å². The molecule has 8 nitrogen and oxygen atoms in total. The molecule has 5 rings (SSSR count). The summed E-state index contributed by atoms with van der Waals surface area (Å²) < 4.78 is 23.6. The topological polar surface area (TPSA) is 115 Å². The lowest BCUT2D eigenvalue weighted by Crippen LogP contribution is -2.38. The second-order valence-corrected chi connectivity index (χ2v) is 10.4. The van der Waals surface area contributed by atoms with Gasteiger partial charge in [-0.15, -0.1) is 11.3 Å². The van der Waals surface area contributed by atoms with Gasteiger partial charge in [-0.2, -0.15) is 0 Å². The number of anilines is 1. The highest BCUT2D eigenvalue weighted by atomic mass is 32.2. The second-order valence-electron chi connectivity index (χ2n) is 7.67. The van der Waals surface area contributed by atoms with Crippen LogP contribution in [-0.4, -0.2) is 46.7 Å². The van der Waals surface area contributed by atoms with Crippen LogP contribution in [0.25, 0.3) is 21.7 Å². The average molecular weight is 431 g/mol. The summed E-state index contributed by atoms with van der Waals surface area (Å²) in [6.45, 7) is 0.761. The van der Waals surface area contributed by atoms with Gasteiger partial charge >= 0.3 is 0 Å². The molecule has 4 heterocycles. The lowest BCUT2D eigenvalue weighted by atomic mass is 9.97. The van der Waals surface area contributed by atoms with E-state index < -0.39 is 10.0 Å². The highest BCUT2D eigenvalue weighted by Gasteiger charge is 2.32. The van der Waals surface area contributed by atoms with Crippen molar-refractivity contribution in [2.24, 2.45) is 5.14 Å². The van der Waals surface area contributed by atoms with Crippen molar-refractivity contribution < 1.29 is 8.42 Å². The number of sulfonamides is 1. The van der Waals surface area contributed by atoms with Crippen LogP contribution in [0.1, 0.15) is 36.1 Å². The maximum atomic E-state index is 11.8. The molecule has 0 amide bonds. The second kappa shape index (κ2) is 7.26. The van der Waals surface area contributed by atoms with Crippen molar-refractivity contribution in [2.45, 2.75) is 44.6 Å². The molecule has 152 valence electrons. The fourth-order valence-corrected chi connectivity index (χ4v) is 6.57. The zero-order valence-corrected chi connectivity index (χ0v) is 17.5. The number of thiophene rings is 1. The average Bonchev–Trinajstić information content (AvgIpc) is 3.30. The summed E-state index contributed by atoms with van der Waals surface area (Å²) in [6, 6.07) is -0.169. The lowest BCUT2D eigenvalue weighted by molar-refractivity contribution is 0.587. The summed E-state index contributed by atoms with van der Waals surface area (Å²) in [7, 11) is -3.57. The van der Waals surface area contributed by atoms with E-state index in [9.17, 15) is 8.42 Å². The first kappa shape index (κ1) is 18.8. The van der Waals surface area contributed by atoms with Crippen molar-refractivity contribution in [3.05, 3.63) is 29.0 Å². The molecule has 0 aromatic carbocycles. The molecule has 29 heavy (non-hydrogen) atoms. The molecule has 0 saturated carbocycles. The van der Waals surface area contributed by atoms with E-state index in [1.165, 1.54) is 16.9 Å². The van der Waals surface area contributed by atoms with Gasteiger partial charge in [-0.1, -0.05) is 0 Å². The maximum Gasteiger partial charge on any atom is 0.211 e. The molecule has 2 N–H and O–H groups in total. The van der Waals surface area contributed by atoms with Gasteiger partial charge in [0.25, 0.3) is 0 Å². The van der Waals surface area contributed by atoms with Gasteiger partial charge in [-0.05, 0) is 44.1 Å². The highest BCUT2D eigenvalue weighted by Crippen LogP contribution is 2.42. The van der Waals surface area contributed by atoms with Gasteiger partial charge in [-0.25, -0.2) is 28.5 Å². The van der Waals surface area contributed by atoms with Crippen molar-refractivity contribution in [3.8, 4) is 11.5 Å². The van der Waals surface area contributed by atoms with Crippen molar-refractivity contribution in [2.75, 3.05) is 17.2 Å². The first-order valence-corrected chi connectivity index (χ1v) is 12.4. The Labute approximate surface area is 173 Å². The van der Waals surface area contributed by atoms with Crippen LogP contribution in [0.4, 0.5) is 5.82 Å². The zero-order valence-electron chi connectivity index (χ0n) is 15.9. The molecule has 0 unspecified atom stereocenters. The molecular weight excluding hydrogens is 408 g/mol. The smallest absolute Gasteiger partial charge is 0.211 e. The number of nitrogens with two attached hydrogens (primary N) is 1. The number of hydrogen-bond donors (Lipinski definition) is 1. The third kappa shape index (κ3) is 3.60. The first-order valence-electron chi connectivity index (χ1n) is 9.85. The van der Waals surface area contributed by atoms with E-state index in [1.807, 2.05) is 0 Å². The van der Waals surface area contributed by atoms with Crippen LogP contribution in [-0.2, 0) is 22.9 Å². The molecule has 3 aromatic rings. The van der Waals surface area contributed by atoms with Gasteiger partial charge in [-0.3, -0.25) is 4.98 Å². The van der Waals surface area contributed by atoms with Gasteiger partial charge in [0.1, 0.15) is 16.3 Å². The molecule has 1 fully saturated rings. The van der Waals surface area contributed by atoms with E-state index in [-0.39, 0.29) is 11.8 Å². The number of fused-ring (bicyclic) bond motifs is 3. The standard InChI is InChI=1S/C19H22N6O2S2/c20-29(26,27)11-12-4-3-9-25(12)18-16-13-5-1-2-6-15(13)28-19(16)24-17(23-18)14-10-21-7-8-22-14/h7-8,10,12H,1-6,9,11H2,(H2,20,26,27)/t12-/m1/s1. The van der Waals surface area contributed by atoms with Gasteiger partial charge in [0.2, 0.25) is 10.0 Å². The molecule has 3 aromatic heterocycles. The third-order valence-electron chi connectivity index (χ3n) is 5.66. The van der Waals surface area contributed by atoms with Crippen LogP contribution in [0.15, 0.2) is 18.6 Å². The van der Waals surface area contributed by atoms with Crippen LogP contribution in [0.2, 0.25) is 0 Å². The van der Waals surface area contributed by atoms with Crippen LogP contribution in [0.3, 0.4) is 0 Å². The largest absolute Gasteiger partial charge is 0.352 e. The predicted molar refractivity (Wildman–Crippen MR) is 113 cm³/mol. The Morgan fingerprint density at radius 1 is 1.17 bits per heavy atom. The van der Waals surface area contributed by atoms with Crippen molar-refractivity contribution in [1.82, 2.24) is 19.9 Å². The van der Waals surface area contributed by atoms with Crippen molar-refractivity contribution in [3.63, 3.8) is 0 Å². The first-order chi connectivity index (χ1) is 14.0. The van der Waals surface area contributed by atoms with Crippen molar-refractivity contribution >= 4 is 37.4 Å². The van der Waals surface area contributed by atoms with Gasteiger partial charge < -0.3 is 4.90 Å². The maximum absolute atomic E-state index is 11.8. The molecule has 1 aliphatic carbocycles. The lowest BCUT2D eigenvalue weighted by Gasteiger charge is -2.26. The molecule has 0 radical (unpaired) electrons. The Hall–Kier alpha value is -2.17. The summed E-state index contributed by atoms with van der Waals surface area (Å²) >= 11 is 1.73. The summed E-state index contributed by atoms with van der Waals surface area (Å²) in [4.78, 5) is 22.7. The van der Waals surface area contributed by atoms with E-state index in [4.69, 9.17) is 15.1 Å². The minimum absolute atomic E-state index is 0.0642. The van der Waals surface area contributed by atoms with Crippen LogP contribution >= 0.6 is 11.3 Å². The van der Waals surface area contributed by atoms with Crippen molar-refractivity contribution in [1.29, 1.82) is 0 Å². The fraction of sp³-hybridized carbons (Fsp3) is 0.474. The summed E-state index contributed by atoms with van der Waals surface area (Å²) in [5, 5.41) is 6.46. The Balaban J connectivity index is 1.70. The fourth-order valence-electron chi connectivity index (χ4n) is 4.43. The van der Waals surface area contributed by atoms with E-state index in [0.29, 0.717) is 11.5 Å². The summed E-state index contributed by atoms with van der Waals surface area (Å²) in [6.07, 6.45) is 11.0. The third-order valence-corrected chi connectivity index (χ3v) is 7.70. The summed E-state index contributed by atoms with van der Waals surface area (Å²) in [5.41, 5.74) is 1.95. The van der Waals surface area contributed by atoms with Gasteiger partial charge in [0, 0.05) is 29.9 Å².